The van der Waals surface area contributed by atoms with Crippen LogP contribution in [0.1, 0.15) is 56.8 Å². The zero-order valence-electron chi connectivity index (χ0n) is 19.0. The minimum Gasteiger partial charge on any atom is -0.458 e. The molecule has 3 rings (SSSR count). The van der Waals surface area contributed by atoms with Gasteiger partial charge in [0, 0.05) is 19.5 Å². The Hall–Kier alpha value is -3.41. The van der Waals surface area contributed by atoms with Crippen molar-refractivity contribution in [3.63, 3.8) is 0 Å². The molecule has 0 aliphatic carbocycles. The van der Waals surface area contributed by atoms with Gasteiger partial charge in [-0.25, -0.2) is 4.79 Å². The normalized spacial score (nSPS) is 16.1. The Bertz CT molecular complexity index is 1010. The summed E-state index contributed by atoms with van der Waals surface area (Å²) in [4.78, 5) is 39.7. The fraction of sp³-hybridized carbons (Fsp3) is 0.346. The molecule has 0 unspecified atom stereocenters. The molecule has 0 saturated heterocycles. The van der Waals surface area contributed by atoms with Crippen LogP contribution in [0.2, 0.25) is 0 Å². The molecule has 1 heterocycles. The van der Waals surface area contributed by atoms with Gasteiger partial charge >= 0.3 is 5.97 Å². The van der Waals surface area contributed by atoms with Gasteiger partial charge in [0.05, 0.1) is 12.5 Å². The maximum Gasteiger partial charge on any atom is 0.329 e. The number of nitrogens with zero attached hydrogens (tertiary/aromatic N) is 1. The predicted molar refractivity (Wildman–Crippen MR) is 123 cm³/mol. The number of carbonyl (C=O) groups excluding carboxylic acids is 3. The van der Waals surface area contributed by atoms with Crippen molar-refractivity contribution >= 4 is 23.9 Å². The largest absolute Gasteiger partial charge is 0.458 e. The third-order valence-electron chi connectivity index (χ3n) is 5.16. The van der Waals surface area contributed by atoms with E-state index < -0.39 is 23.7 Å². The van der Waals surface area contributed by atoms with Crippen molar-refractivity contribution < 1.29 is 19.1 Å². The molecule has 1 N–H and O–H groups in total. The van der Waals surface area contributed by atoms with Gasteiger partial charge < -0.3 is 15.0 Å². The van der Waals surface area contributed by atoms with Crippen LogP contribution in [0.15, 0.2) is 60.8 Å². The summed E-state index contributed by atoms with van der Waals surface area (Å²) < 4.78 is 5.55. The van der Waals surface area contributed by atoms with Crippen molar-refractivity contribution in [3.8, 4) is 0 Å². The highest BCUT2D eigenvalue weighted by molar-refractivity contribution is 5.86. The molecule has 2 atom stereocenters. The number of ether oxygens (including phenoxy) is 1. The van der Waals surface area contributed by atoms with E-state index in [2.05, 4.69) is 5.32 Å². The first-order chi connectivity index (χ1) is 15.1. The molecule has 6 nitrogen and oxygen atoms in total. The lowest BCUT2D eigenvalue weighted by molar-refractivity contribution is -0.158. The Morgan fingerprint density at radius 3 is 2.34 bits per heavy atom. The van der Waals surface area contributed by atoms with Gasteiger partial charge in [0.2, 0.25) is 11.8 Å². The van der Waals surface area contributed by atoms with Crippen LogP contribution in [0.5, 0.6) is 0 Å². The third kappa shape index (κ3) is 6.06. The van der Waals surface area contributed by atoms with Crippen molar-refractivity contribution in [2.45, 2.75) is 58.2 Å². The number of fused-ring (bicyclic) bond motifs is 1. The highest BCUT2D eigenvalue weighted by Crippen LogP contribution is 2.32. The van der Waals surface area contributed by atoms with Crippen LogP contribution in [0.3, 0.4) is 0 Å². The first kappa shape index (κ1) is 23.3. The van der Waals surface area contributed by atoms with E-state index >= 15 is 0 Å². The highest BCUT2D eigenvalue weighted by Gasteiger charge is 2.31. The topological polar surface area (TPSA) is 75.7 Å². The summed E-state index contributed by atoms with van der Waals surface area (Å²) in [6, 6.07) is 15.9. The molecule has 168 valence electrons. The molecule has 2 aromatic rings. The minimum atomic E-state index is -0.829. The summed E-state index contributed by atoms with van der Waals surface area (Å²) in [7, 11) is 0. The summed E-state index contributed by atoms with van der Waals surface area (Å²) in [6.45, 7) is 6.86. The third-order valence-corrected chi connectivity index (χ3v) is 5.16. The molecule has 0 bridgehead atoms. The Morgan fingerprint density at radius 1 is 1.03 bits per heavy atom. The number of rotatable bonds is 6. The minimum absolute atomic E-state index is 0.0367. The van der Waals surface area contributed by atoms with Crippen molar-refractivity contribution in [2.24, 2.45) is 0 Å². The summed E-state index contributed by atoms with van der Waals surface area (Å²) in [5.41, 5.74) is 2.11. The van der Waals surface area contributed by atoms with Crippen molar-refractivity contribution in [1.29, 1.82) is 0 Å². The van der Waals surface area contributed by atoms with Gasteiger partial charge in [0.1, 0.15) is 11.6 Å². The second-order valence-corrected chi connectivity index (χ2v) is 8.93. The average Bonchev–Trinajstić information content (AvgIpc) is 2.73. The van der Waals surface area contributed by atoms with Gasteiger partial charge in [-0.2, -0.15) is 0 Å². The number of esters is 1. The Balaban J connectivity index is 1.79. The predicted octanol–water partition coefficient (Wildman–Crippen LogP) is 4.02. The molecule has 1 aliphatic rings. The van der Waals surface area contributed by atoms with Gasteiger partial charge in [0.15, 0.2) is 0 Å². The molecule has 0 saturated carbocycles. The molecule has 2 amide bonds. The molecular weight excluding hydrogens is 404 g/mol. The molecule has 6 heteroatoms. The van der Waals surface area contributed by atoms with Gasteiger partial charge in [-0.05, 0) is 43.5 Å². The van der Waals surface area contributed by atoms with E-state index in [1.807, 2.05) is 60.7 Å². The molecule has 1 aliphatic heterocycles. The second kappa shape index (κ2) is 9.81. The molecule has 0 radical (unpaired) electrons. The van der Waals surface area contributed by atoms with E-state index in [4.69, 9.17) is 4.74 Å². The van der Waals surface area contributed by atoms with Gasteiger partial charge in [-0.15, -0.1) is 0 Å². The standard InChI is InChI=1S/C26H30N2O4/c1-18(29)28-15-14-20-12-8-9-13-21(20)23(28)17-24(30)27-22(25(31)32-26(2,3)4)16-19-10-6-5-7-11-19/h5-15,22-23H,16-17H2,1-4H3,(H,27,30)/t22-,23-/m1/s1. The number of amides is 2. The maximum absolute atomic E-state index is 13.1. The number of hydrogen-bond donors (Lipinski definition) is 1. The summed E-state index contributed by atoms with van der Waals surface area (Å²) in [6.07, 6.45) is 3.93. The zero-order valence-corrected chi connectivity index (χ0v) is 19.0. The molecule has 0 aromatic heterocycles. The number of nitrogens with one attached hydrogen (secondary N) is 1. The lowest BCUT2D eigenvalue weighted by Crippen LogP contribution is -2.46. The van der Waals surface area contributed by atoms with Crippen LogP contribution < -0.4 is 5.32 Å². The molecule has 32 heavy (non-hydrogen) atoms. The van der Waals surface area contributed by atoms with Crippen LogP contribution in [0, 0.1) is 0 Å². The molecular formula is C26H30N2O4. The smallest absolute Gasteiger partial charge is 0.329 e. The van der Waals surface area contributed by atoms with E-state index in [0.717, 1.165) is 16.7 Å². The van der Waals surface area contributed by atoms with Crippen LogP contribution in [0.25, 0.3) is 6.08 Å². The first-order valence-corrected chi connectivity index (χ1v) is 10.8. The van der Waals surface area contributed by atoms with E-state index in [1.54, 1.807) is 31.9 Å². The lowest BCUT2D eigenvalue weighted by atomic mass is 9.93. The van der Waals surface area contributed by atoms with Crippen LogP contribution in [0.4, 0.5) is 0 Å². The van der Waals surface area contributed by atoms with Crippen molar-refractivity contribution in [2.75, 3.05) is 0 Å². The molecule has 2 aromatic carbocycles. The second-order valence-electron chi connectivity index (χ2n) is 8.93. The van der Waals surface area contributed by atoms with Gasteiger partial charge in [-0.1, -0.05) is 54.6 Å². The molecule has 0 fully saturated rings. The van der Waals surface area contributed by atoms with E-state index in [-0.39, 0.29) is 18.2 Å². The Morgan fingerprint density at radius 2 is 1.69 bits per heavy atom. The zero-order chi connectivity index (χ0) is 23.3. The quantitative estimate of drug-likeness (QED) is 0.697. The Labute approximate surface area is 189 Å². The van der Waals surface area contributed by atoms with Gasteiger partial charge in [-0.3, -0.25) is 9.59 Å². The maximum atomic E-state index is 13.1. The van der Waals surface area contributed by atoms with Crippen molar-refractivity contribution in [1.82, 2.24) is 10.2 Å². The number of hydrogen-bond acceptors (Lipinski definition) is 4. The van der Waals surface area contributed by atoms with Crippen LogP contribution in [-0.2, 0) is 25.5 Å². The van der Waals surface area contributed by atoms with Crippen molar-refractivity contribution in [3.05, 3.63) is 77.5 Å². The van der Waals surface area contributed by atoms with Crippen LogP contribution in [-0.4, -0.2) is 34.3 Å². The van der Waals surface area contributed by atoms with E-state index in [9.17, 15) is 14.4 Å². The number of carbonyl (C=O) groups is 3. The monoisotopic (exact) mass is 434 g/mol. The fourth-order valence-electron chi connectivity index (χ4n) is 3.76. The highest BCUT2D eigenvalue weighted by atomic mass is 16.6. The summed E-state index contributed by atoms with van der Waals surface area (Å²) in [5.74, 6) is -0.957. The fourth-order valence-corrected chi connectivity index (χ4v) is 3.76. The first-order valence-electron chi connectivity index (χ1n) is 10.8. The van der Waals surface area contributed by atoms with E-state index in [0.29, 0.717) is 6.42 Å². The Kier molecular flexibility index (Phi) is 7.13. The lowest BCUT2D eigenvalue weighted by Gasteiger charge is -2.32. The summed E-state index contributed by atoms with van der Waals surface area (Å²) >= 11 is 0. The summed E-state index contributed by atoms with van der Waals surface area (Å²) in [5, 5.41) is 2.85. The SMILES string of the molecule is CC(=O)N1C=Cc2ccccc2[C@H]1CC(=O)N[C@H](Cc1ccccc1)C(=O)OC(C)(C)C. The van der Waals surface area contributed by atoms with Crippen LogP contribution >= 0.6 is 0 Å². The molecule has 0 spiro atoms. The number of benzene rings is 2. The average molecular weight is 435 g/mol. The van der Waals surface area contributed by atoms with Gasteiger partial charge in [0.25, 0.3) is 0 Å². The van der Waals surface area contributed by atoms with E-state index in [1.165, 1.54) is 6.92 Å².